The maximum absolute atomic E-state index is 14.0. The van der Waals surface area contributed by atoms with Gasteiger partial charge in [0.15, 0.2) is 17.3 Å². The van der Waals surface area contributed by atoms with E-state index >= 15 is 0 Å². The second-order valence-corrected chi connectivity index (χ2v) is 4.99. The molecule has 1 N–H and O–H groups in total. The summed E-state index contributed by atoms with van der Waals surface area (Å²) in [5.74, 6) is 1.51. The van der Waals surface area contributed by atoms with Crippen LogP contribution in [0.5, 0.6) is 11.5 Å². The molecule has 5 heteroatoms. The van der Waals surface area contributed by atoms with Crippen molar-refractivity contribution in [2.24, 2.45) is 5.92 Å². The Morgan fingerprint density at radius 1 is 1.43 bits per heavy atom. The van der Waals surface area contributed by atoms with Gasteiger partial charge in [-0.15, -0.1) is 6.42 Å². The summed E-state index contributed by atoms with van der Waals surface area (Å²) < 4.78 is 24.2. The van der Waals surface area contributed by atoms with Crippen molar-refractivity contribution < 1.29 is 18.7 Å². The van der Waals surface area contributed by atoms with Crippen molar-refractivity contribution in [2.45, 2.75) is 26.8 Å². The summed E-state index contributed by atoms with van der Waals surface area (Å²) in [4.78, 5) is 12.1. The van der Waals surface area contributed by atoms with Gasteiger partial charge < -0.3 is 14.8 Å². The molecule has 21 heavy (non-hydrogen) atoms. The Bertz CT molecular complexity index is 549. The number of carbonyl (C=O) groups is 1. The van der Waals surface area contributed by atoms with Gasteiger partial charge in [0.1, 0.15) is 6.61 Å². The van der Waals surface area contributed by atoms with Crippen LogP contribution in [0.2, 0.25) is 0 Å². The smallest absolute Gasteiger partial charge is 0.251 e. The molecule has 0 aromatic heterocycles. The number of terminal acetylenes is 1. The summed E-state index contributed by atoms with van der Waals surface area (Å²) in [5, 5.41) is 2.80. The molecule has 1 aromatic rings. The van der Waals surface area contributed by atoms with Crippen LogP contribution in [-0.2, 0) is 0 Å². The third-order valence-electron chi connectivity index (χ3n) is 3.15. The summed E-state index contributed by atoms with van der Waals surface area (Å²) >= 11 is 0. The predicted molar refractivity (Wildman–Crippen MR) is 79.0 cm³/mol. The zero-order valence-electron chi connectivity index (χ0n) is 12.7. The van der Waals surface area contributed by atoms with Crippen molar-refractivity contribution in [2.75, 3.05) is 13.7 Å². The topological polar surface area (TPSA) is 47.6 Å². The molecule has 0 fully saturated rings. The average molecular weight is 293 g/mol. The molecule has 0 radical (unpaired) electrons. The van der Waals surface area contributed by atoms with E-state index in [0.717, 1.165) is 6.07 Å². The van der Waals surface area contributed by atoms with E-state index in [1.165, 1.54) is 13.2 Å². The summed E-state index contributed by atoms with van der Waals surface area (Å²) in [6, 6.07) is 2.51. The molecular weight excluding hydrogens is 273 g/mol. The second kappa shape index (κ2) is 7.53. The Morgan fingerprint density at radius 3 is 2.62 bits per heavy atom. The third kappa shape index (κ3) is 4.38. The van der Waals surface area contributed by atoms with Gasteiger partial charge in [-0.3, -0.25) is 4.79 Å². The van der Waals surface area contributed by atoms with Crippen LogP contribution in [0.3, 0.4) is 0 Å². The number of amides is 1. The Hall–Kier alpha value is -2.22. The molecule has 114 valence electrons. The van der Waals surface area contributed by atoms with Crippen LogP contribution in [0.25, 0.3) is 0 Å². The number of hydrogen-bond acceptors (Lipinski definition) is 3. The number of halogens is 1. The molecule has 0 unspecified atom stereocenters. The lowest BCUT2D eigenvalue weighted by atomic mass is 10.1. The number of rotatable bonds is 6. The number of benzene rings is 1. The minimum Gasteiger partial charge on any atom is -0.493 e. The molecule has 0 aliphatic carbocycles. The number of methoxy groups -OCH3 is 1. The summed E-state index contributed by atoms with van der Waals surface area (Å²) in [6.45, 7) is 5.79. The van der Waals surface area contributed by atoms with Crippen molar-refractivity contribution in [1.29, 1.82) is 0 Å². The highest BCUT2D eigenvalue weighted by Gasteiger charge is 2.18. The average Bonchev–Trinajstić information content (AvgIpc) is 2.44. The zero-order valence-corrected chi connectivity index (χ0v) is 12.7. The van der Waals surface area contributed by atoms with Gasteiger partial charge in [0.05, 0.1) is 7.11 Å². The van der Waals surface area contributed by atoms with E-state index in [4.69, 9.17) is 15.9 Å². The van der Waals surface area contributed by atoms with Crippen LogP contribution in [0.15, 0.2) is 12.1 Å². The first-order valence-electron chi connectivity index (χ1n) is 6.65. The Morgan fingerprint density at radius 2 is 2.10 bits per heavy atom. The quantitative estimate of drug-likeness (QED) is 0.820. The molecule has 0 saturated heterocycles. The Labute approximate surface area is 124 Å². The fraction of sp³-hybridized carbons (Fsp3) is 0.438. The Kier molecular flexibility index (Phi) is 6.04. The second-order valence-electron chi connectivity index (χ2n) is 4.99. The molecule has 4 nitrogen and oxygen atoms in total. The monoisotopic (exact) mass is 293 g/mol. The van der Waals surface area contributed by atoms with E-state index < -0.39 is 5.82 Å². The minimum absolute atomic E-state index is 0.0241. The van der Waals surface area contributed by atoms with Crippen LogP contribution in [-0.4, -0.2) is 25.7 Å². The van der Waals surface area contributed by atoms with Crippen LogP contribution in [0, 0.1) is 24.1 Å². The molecule has 0 aliphatic rings. The van der Waals surface area contributed by atoms with Crippen LogP contribution < -0.4 is 14.8 Å². The number of carbonyl (C=O) groups excluding carboxylic acids is 1. The molecule has 0 saturated carbocycles. The maximum Gasteiger partial charge on any atom is 0.251 e. The van der Waals surface area contributed by atoms with Crippen LogP contribution in [0.1, 0.15) is 31.1 Å². The third-order valence-corrected chi connectivity index (χ3v) is 3.15. The first kappa shape index (κ1) is 16.8. The number of ether oxygens (including phenoxy) is 2. The van der Waals surface area contributed by atoms with Gasteiger partial charge in [0, 0.05) is 11.6 Å². The molecule has 0 spiro atoms. The first-order valence-corrected chi connectivity index (χ1v) is 6.65. The van der Waals surface area contributed by atoms with Gasteiger partial charge in [0.25, 0.3) is 5.91 Å². The highest BCUT2D eigenvalue weighted by atomic mass is 19.1. The van der Waals surface area contributed by atoms with Crippen molar-refractivity contribution in [3.8, 4) is 23.8 Å². The summed E-state index contributed by atoms with van der Waals surface area (Å²) in [5.41, 5.74) is 0.171. The van der Waals surface area contributed by atoms with Crippen LogP contribution in [0.4, 0.5) is 4.39 Å². The van der Waals surface area contributed by atoms with Crippen molar-refractivity contribution in [1.82, 2.24) is 5.32 Å². The van der Waals surface area contributed by atoms with E-state index in [-0.39, 0.29) is 41.5 Å². The molecule has 0 aliphatic heterocycles. The zero-order chi connectivity index (χ0) is 16.0. The predicted octanol–water partition coefficient (Wildman–Crippen LogP) is 2.62. The maximum atomic E-state index is 14.0. The molecular formula is C16H20FNO3. The minimum atomic E-state index is -0.688. The number of nitrogens with one attached hydrogen (secondary N) is 1. The fourth-order valence-electron chi connectivity index (χ4n) is 1.56. The van der Waals surface area contributed by atoms with Gasteiger partial charge in [-0.2, -0.15) is 0 Å². The largest absolute Gasteiger partial charge is 0.493 e. The van der Waals surface area contributed by atoms with Gasteiger partial charge >= 0.3 is 0 Å². The van der Waals surface area contributed by atoms with Gasteiger partial charge in [0.2, 0.25) is 0 Å². The fourth-order valence-corrected chi connectivity index (χ4v) is 1.56. The van der Waals surface area contributed by atoms with Gasteiger partial charge in [-0.25, -0.2) is 4.39 Å². The van der Waals surface area contributed by atoms with E-state index in [1.807, 2.05) is 20.8 Å². The molecule has 0 heterocycles. The normalized spacial score (nSPS) is 11.7. The molecule has 0 bridgehead atoms. The summed E-state index contributed by atoms with van der Waals surface area (Å²) in [7, 11) is 1.37. The van der Waals surface area contributed by atoms with E-state index in [1.54, 1.807) is 0 Å². The van der Waals surface area contributed by atoms with Gasteiger partial charge in [-0.05, 0) is 25.0 Å². The molecule has 1 rings (SSSR count). The molecule has 1 aromatic carbocycles. The highest BCUT2D eigenvalue weighted by molar-refractivity contribution is 5.95. The lowest BCUT2D eigenvalue weighted by Gasteiger charge is -2.18. The number of hydrogen-bond donors (Lipinski definition) is 1. The lowest BCUT2D eigenvalue weighted by molar-refractivity contribution is 0.0929. The molecule has 1 amide bonds. The SMILES string of the molecule is C#CCOc1c(F)cc(C(=O)N[C@@H](C)C(C)C)cc1OC. The van der Waals surface area contributed by atoms with E-state index in [2.05, 4.69) is 11.2 Å². The summed E-state index contributed by atoms with van der Waals surface area (Å²) in [6.07, 6.45) is 5.08. The van der Waals surface area contributed by atoms with Gasteiger partial charge in [-0.1, -0.05) is 19.8 Å². The van der Waals surface area contributed by atoms with Crippen molar-refractivity contribution in [3.05, 3.63) is 23.5 Å². The van der Waals surface area contributed by atoms with E-state index in [0.29, 0.717) is 0 Å². The van der Waals surface area contributed by atoms with E-state index in [9.17, 15) is 9.18 Å². The van der Waals surface area contributed by atoms with Crippen molar-refractivity contribution in [3.63, 3.8) is 0 Å². The van der Waals surface area contributed by atoms with Crippen LogP contribution >= 0.6 is 0 Å². The first-order chi connectivity index (χ1) is 9.90. The van der Waals surface area contributed by atoms with Crippen molar-refractivity contribution >= 4 is 5.91 Å². The Balaban J connectivity index is 3.03. The lowest BCUT2D eigenvalue weighted by Crippen LogP contribution is -2.36. The standard InChI is InChI=1S/C16H20FNO3/c1-6-7-21-15-13(17)8-12(9-14(15)20-5)16(19)18-11(4)10(2)3/h1,8-11H,7H2,2-5H3,(H,18,19)/t11-/m0/s1. The highest BCUT2D eigenvalue weighted by Crippen LogP contribution is 2.31. The molecule has 1 atom stereocenters.